The third-order valence-electron chi connectivity index (χ3n) is 3.68. The van der Waals surface area contributed by atoms with E-state index in [1.807, 2.05) is 25.1 Å². The Kier molecular flexibility index (Phi) is 5.99. The van der Waals surface area contributed by atoms with Gasteiger partial charge in [0.05, 0.1) is 0 Å². The summed E-state index contributed by atoms with van der Waals surface area (Å²) in [6.45, 7) is 1.95. The Morgan fingerprint density at radius 2 is 1.88 bits per heavy atom. The van der Waals surface area contributed by atoms with Gasteiger partial charge in [0.1, 0.15) is 0 Å². The smallest absolute Gasteiger partial charge is 0.253 e. The molecule has 4 nitrogen and oxygen atoms in total. The monoisotopic (exact) mass is 344 g/mol. The molecular weight excluding hydrogens is 324 g/mol. The van der Waals surface area contributed by atoms with Crippen LogP contribution in [0.1, 0.15) is 27.9 Å². The van der Waals surface area contributed by atoms with Gasteiger partial charge in [-0.3, -0.25) is 9.59 Å². The first-order chi connectivity index (χ1) is 11.4. The summed E-state index contributed by atoms with van der Waals surface area (Å²) in [4.78, 5) is 25.6. The lowest BCUT2D eigenvalue weighted by atomic mass is 10.1. The molecule has 0 atom stereocenters. The Labute approximate surface area is 147 Å². The van der Waals surface area contributed by atoms with E-state index >= 15 is 0 Å². The van der Waals surface area contributed by atoms with Crippen molar-refractivity contribution in [2.24, 2.45) is 0 Å². The van der Waals surface area contributed by atoms with Crippen LogP contribution in [0.25, 0.3) is 0 Å². The van der Waals surface area contributed by atoms with E-state index in [2.05, 4.69) is 5.32 Å². The van der Waals surface area contributed by atoms with E-state index < -0.39 is 0 Å². The van der Waals surface area contributed by atoms with E-state index in [9.17, 15) is 9.59 Å². The second-order valence-electron chi connectivity index (χ2n) is 5.91. The first-order valence-electron chi connectivity index (χ1n) is 7.73. The molecule has 0 saturated heterocycles. The van der Waals surface area contributed by atoms with E-state index in [0.717, 1.165) is 11.1 Å². The molecule has 0 saturated carbocycles. The van der Waals surface area contributed by atoms with E-state index in [4.69, 9.17) is 11.6 Å². The molecule has 0 bridgehead atoms. The number of carbonyl (C=O) groups excluding carboxylic acids is 2. The Morgan fingerprint density at radius 3 is 2.54 bits per heavy atom. The molecule has 0 spiro atoms. The summed E-state index contributed by atoms with van der Waals surface area (Å²) in [5.41, 5.74) is 3.21. The summed E-state index contributed by atoms with van der Waals surface area (Å²) in [6, 6.07) is 12.8. The summed E-state index contributed by atoms with van der Waals surface area (Å²) in [5, 5.41) is 3.54. The van der Waals surface area contributed by atoms with Crippen LogP contribution in [0, 0.1) is 6.92 Å². The van der Waals surface area contributed by atoms with Gasteiger partial charge < -0.3 is 10.2 Å². The summed E-state index contributed by atoms with van der Waals surface area (Å²) in [6.07, 6.45) is 0.966. The number of nitrogens with one attached hydrogen (secondary N) is 1. The van der Waals surface area contributed by atoms with E-state index in [0.29, 0.717) is 29.1 Å². The Morgan fingerprint density at radius 1 is 1.12 bits per heavy atom. The van der Waals surface area contributed by atoms with Gasteiger partial charge in [0, 0.05) is 36.8 Å². The highest BCUT2D eigenvalue weighted by Gasteiger charge is 2.10. The SMILES string of the molecule is Cc1ccc(CCC(=O)Nc2cccc(C(=O)N(C)C)c2)cc1Cl. The highest BCUT2D eigenvalue weighted by Crippen LogP contribution is 2.18. The second-order valence-corrected chi connectivity index (χ2v) is 6.32. The van der Waals surface area contributed by atoms with Gasteiger partial charge in [0.15, 0.2) is 0 Å². The molecule has 0 aliphatic carbocycles. The molecule has 2 aromatic carbocycles. The van der Waals surface area contributed by atoms with E-state index in [1.165, 1.54) is 4.90 Å². The third-order valence-corrected chi connectivity index (χ3v) is 4.08. The van der Waals surface area contributed by atoms with E-state index in [1.54, 1.807) is 38.4 Å². The van der Waals surface area contributed by atoms with Crippen molar-refractivity contribution in [1.82, 2.24) is 4.90 Å². The third kappa shape index (κ3) is 4.83. The summed E-state index contributed by atoms with van der Waals surface area (Å²) < 4.78 is 0. The Hall–Kier alpha value is -2.33. The van der Waals surface area contributed by atoms with Crippen molar-refractivity contribution in [2.75, 3.05) is 19.4 Å². The normalized spacial score (nSPS) is 10.3. The molecule has 0 aromatic heterocycles. The van der Waals surface area contributed by atoms with Crippen molar-refractivity contribution >= 4 is 29.1 Å². The molecule has 2 rings (SSSR count). The molecule has 24 heavy (non-hydrogen) atoms. The predicted molar refractivity (Wildman–Crippen MR) is 97.6 cm³/mol. The van der Waals surface area contributed by atoms with Crippen LogP contribution in [0.5, 0.6) is 0 Å². The minimum atomic E-state index is -0.0969. The first-order valence-corrected chi connectivity index (χ1v) is 8.11. The van der Waals surface area contributed by atoms with Crippen molar-refractivity contribution in [2.45, 2.75) is 19.8 Å². The lowest BCUT2D eigenvalue weighted by molar-refractivity contribution is -0.116. The van der Waals surface area contributed by atoms with Crippen LogP contribution in [0.15, 0.2) is 42.5 Å². The van der Waals surface area contributed by atoms with Crippen molar-refractivity contribution in [3.63, 3.8) is 0 Å². The molecule has 0 aliphatic heterocycles. The van der Waals surface area contributed by atoms with Gasteiger partial charge in [-0.05, 0) is 48.7 Å². The zero-order valence-electron chi connectivity index (χ0n) is 14.1. The molecule has 2 amide bonds. The van der Waals surface area contributed by atoms with Gasteiger partial charge >= 0.3 is 0 Å². The standard InChI is InChI=1S/C19H21ClN2O2/c1-13-7-8-14(11-17(13)20)9-10-18(23)21-16-6-4-5-15(12-16)19(24)22(2)3/h4-8,11-12H,9-10H2,1-3H3,(H,21,23). The van der Waals surface area contributed by atoms with Crippen LogP contribution < -0.4 is 5.32 Å². The zero-order valence-corrected chi connectivity index (χ0v) is 14.9. The average Bonchev–Trinajstić information content (AvgIpc) is 2.55. The Balaban J connectivity index is 1.96. The molecule has 126 valence electrons. The molecule has 0 unspecified atom stereocenters. The maximum Gasteiger partial charge on any atom is 0.253 e. The van der Waals surface area contributed by atoms with Gasteiger partial charge in [0.25, 0.3) is 5.91 Å². The van der Waals surface area contributed by atoms with Gasteiger partial charge in [0.2, 0.25) is 5.91 Å². The number of benzene rings is 2. The number of carbonyl (C=O) groups is 2. The molecule has 0 heterocycles. The lowest BCUT2D eigenvalue weighted by Gasteiger charge is -2.12. The maximum atomic E-state index is 12.1. The summed E-state index contributed by atoms with van der Waals surface area (Å²) in [5.74, 6) is -0.193. The number of rotatable bonds is 5. The molecular formula is C19H21ClN2O2. The quantitative estimate of drug-likeness (QED) is 0.893. The number of halogens is 1. The minimum Gasteiger partial charge on any atom is -0.345 e. The van der Waals surface area contributed by atoms with Crippen LogP contribution in [0.3, 0.4) is 0 Å². The van der Waals surface area contributed by atoms with Crippen LogP contribution >= 0.6 is 11.6 Å². The maximum absolute atomic E-state index is 12.1. The fourth-order valence-electron chi connectivity index (χ4n) is 2.26. The van der Waals surface area contributed by atoms with Crippen LogP contribution in [0.2, 0.25) is 5.02 Å². The topological polar surface area (TPSA) is 49.4 Å². The van der Waals surface area contributed by atoms with Crippen molar-refractivity contribution in [3.05, 3.63) is 64.2 Å². The largest absolute Gasteiger partial charge is 0.345 e. The van der Waals surface area contributed by atoms with E-state index in [-0.39, 0.29) is 11.8 Å². The molecule has 1 N–H and O–H groups in total. The lowest BCUT2D eigenvalue weighted by Crippen LogP contribution is -2.22. The predicted octanol–water partition coefficient (Wildman–Crippen LogP) is 3.92. The van der Waals surface area contributed by atoms with Gasteiger partial charge in [-0.25, -0.2) is 0 Å². The van der Waals surface area contributed by atoms with Gasteiger partial charge in [-0.15, -0.1) is 0 Å². The number of hydrogen-bond acceptors (Lipinski definition) is 2. The second kappa shape index (κ2) is 7.97. The highest BCUT2D eigenvalue weighted by molar-refractivity contribution is 6.31. The molecule has 0 aliphatic rings. The molecule has 5 heteroatoms. The summed E-state index contributed by atoms with van der Waals surface area (Å²) >= 11 is 6.10. The number of aryl methyl sites for hydroxylation is 2. The average molecular weight is 345 g/mol. The number of nitrogens with zero attached hydrogens (tertiary/aromatic N) is 1. The zero-order chi connectivity index (χ0) is 17.7. The minimum absolute atomic E-state index is 0.0962. The van der Waals surface area contributed by atoms with Gasteiger partial charge in [-0.2, -0.15) is 0 Å². The van der Waals surface area contributed by atoms with Gasteiger partial charge in [-0.1, -0.05) is 29.8 Å². The summed E-state index contributed by atoms with van der Waals surface area (Å²) in [7, 11) is 3.39. The molecule has 0 radical (unpaired) electrons. The van der Waals surface area contributed by atoms with Crippen LogP contribution in [-0.2, 0) is 11.2 Å². The number of anilines is 1. The van der Waals surface area contributed by atoms with Crippen molar-refractivity contribution in [1.29, 1.82) is 0 Å². The van der Waals surface area contributed by atoms with Crippen LogP contribution in [-0.4, -0.2) is 30.8 Å². The Bertz CT molecular complexity index is 757. The van der Waals surface area contributed by atoms with Crippen LogP contribution in [0.4, 0.5) is 5.69 Å². The highest BCUT2D eigenvalue weighted by atomic mass is 35.5. The van der Waals surface area contributed by atoms with Crippen molar-refractivity contribution < 1.29 is 9.59 Å². The molecule has 2 aromatic rings. The fraction of sp³-hybridized carbons (Fsp3) is 0.263. The molecule has 0 fully saturated rings. The number of amides is 2. The number of hydrogen-bond donors (Lipinski definition) is 1. The first kappa shape index (κ1) is 18.0. The van der Waals surface area contributed by atoms with Crippen molar-refractivity contribution in [3.8, 4) is 0 Å². The fourth-order valence-corrected chi connectivity index (χ4v) is 2.46.